The Morgan fingerprint density at radius 2 is 2.14 bits per heavy atom. The molecule has 1 aliphatic rings. The van der Waals surface area contributed by atoms with Gasteiger partial charge in [-0.1, -0.05) is 0 Å². The molecule has 0 bridgehead atoms. The number of aromatic nitrogens is 4. The predicted octanol–water partition coefficient (Wildman–Crippen LogP) is 2.08. The molecule has 3 rings (SSSR count). The second-order valence-electron chi connectivity index (χ2n) is 5.91. The van der Waals surface area contributed by atoms with Gasteiger partial charge in [0.15, 0.2) is 0 Å². The van der Waals surface area contributed by atoms with E-state index in [0.717, 1.165) is 30.8 Å². The third-order valence-electron chi connectivity index (χ3n) is 4.07. The molecule has 2 aromatic heterocycles. The minimum Gasteiger partial charge on any atom is -0.335 e. The maximum atomic E-state index is 12.6. The Kier molecular flexibility index (Phi) is 3.92. The summed E-state index contributed by atoms with van der Waals surface area (Å²) >= 11 is 0. The average Bonchev–Trinajstić information content (AvgIpc) is 2.85. The van der Waals surface area contributed by atoms with Crippen molar-refractivity contribution < 1.29 is 4.79 Å². The first-order valence-corrected chi connectivity index (χ1v) is 7.66. The van der Waals surface area contributed by atoms with Gasteiger partial charge in [0.05, 0.1) is 11.7 Å². The monoisotopic (exact) mass is 299 g/mol. The number of hydrogen-bond donors (Lipinski definition) is 0. The van der Waals surface area contributed by atoms with Crippen LogP contribution in [0.5, 0.6) is 0 Å². The number of rotatable bonds is 2. The minimum absolute atomic E-state index is 0.0169. The predicted molar refractivity (Wildman–Crippen MR) is 82.6 cm³/mol. The van der Waals surface area contributed by atoms with Crippen LogP contribution in [0.4, 0.5) is 0 Å². The largest absolute Gasteiger partial charge is 0.335 e. The van der Waals surface area contributed by atoms with Gasteiger partial charge >= 0.3 is 0 Å². The second kappa shape index (κ2) is 5.87. The van der Waals surface area contributed by atoms with E-state index in [1.165, 1.54) is 0 Å². The topological polar surface area (TPSA) is 63.9 Å². The zero-order valence-electron chi connectivity index (χ0n) is 13.3. The number of likely N-dealkylation sites (tertiary alicyclic amines) is 1. The molecule has 6 heteroatoms. The number of piperidine rings is 1. The molecule has 6 nitrogen and oxygen atoms in total. The van der Waals surface area contributed by atoms with Crippen molar-refractivity contribution in [2.24, 2.45) is 0 Å². The van der Waals surface area contributed by atoms with Crippen LogP contribution in [0.2, 0.25) is 0 Å². The van der Waals surface area contributed by atoms with Crippen LogP contribution in [0.1, 0.15) is 46.6 Å². The van der Waals surface area contributed by atoms with Gasteiger partial charge in [0, 0.05) is 25.0 Å². The molecular formula is C16H21N5O. The summed E-state index contributed by atoms with van der Waals surface area (Å²) < 4.78 is 2.06. The summed E-state index contributed by atoms with van der Waals surface area (Å²) in [5.74, 6) is 0.606. The van der Waals surface area contributed by atoms with Gasteiger partial charge in [-0.2, -0.15) is 5.10 Å². The third kappa shape index (κ3) is 2.86. The number of amides is 1. The molecule has 0 aliphatic carbocycles. The fraction of sp³-hybridized carbons (Fsp3) is 0.500. The van der Waals surface area contributed by atoms with Crippen LogP contribution in [-0.4, -0.2) is 43.6 Å². The van der Waals surface area contributed by atoms with Crippen molar-refractivity contribution in [2.45, 2.75) is 39.7 Å². The van der Waals surface area contributed by atoms with Crippen LogP contribution < -0.4 is 0 Å². The lowest BCUT2D eigenvalue weighted by Gasteiger charge is -2.33. The first-order chi connectivity index (χ1) is 10.5. The molecule has 1 fully saturated rings. The van der Waals surface area contributed by atoms with Gasteiger partial charge in [0.1, 0.15) is 11.5 Å². The van der Waals surface area contributed by atoms with E-state index >= 15 is 0 Å². The summed E-state index contributed by atoms with van der Waals surface area (Å²) in [5, 5.41) is 4.57. The van der Waals surface area contributed by atoms with Gasteiger partial charge in [-0.15, -0.1) is 0 Å². The molecule has 0 saturated carbocycles. The Hall–Kier alpha value is -2.24. The van der Waals surface area contributed by atoms with Crippen LogP contribution in [0.25, 0.3) is 0 Å². The average molecular weight is 299 g/mol. The summed E-state index contributed by atoms with van der Waals surface area (Å²) in [6.45, 7) is 7.32. The highest BCUT2D eigenvalue weighted by Gasteiger charge is 2.27. The van der Waals surface area contributed by atoms with E-state index in [1.807, 2.05) is 11.8 Å². The second-order valence-corrected chi connectivity index (χ2v) is 5.91. The Bertz CT molecular complexity index is 694. The number of hydrogen-bond acceptors (Lipinski definition) is 4. The molecule has 1 amide bonds. The Balaban J connectivity index is 1.78. The van der Waals surface area contributed by atoms with Gasteiger partial charge in [0.25, 0.3) is 5.91 Å². The molecule has 3 heterocycles. The van der Waals surface area contributed by atoms with Crippen molar-refractivity contribution in [1.82, 2.24) is 24.6 Å². The van der Waals surface area contributed by atoms with E-state index < -0.39 is 0 Å². The lowest BCUT2D eigenvalue weighted by Crippen LogP contribution is -2.41. The van der Waals surface area contributed by atoms with E-state index in [4.69, 9.17) is 0 Å². The maximum Gasteiger partial charge on any atom is 0.272 e. The molecule has 0 N–H and O–H groups in total. The fourth-order valence-electron chi connectivity index (χ4n) is 3.09. The molecule has 116 valence electrons. The zero-order valence-corrected chi connectivity index (χ0v) is 13.3. The number of nitrogens with zero attached hydrogens (tertiary/aromatic N) is 5. The molecule has 1 atom stereocenters. The Labute approximate surface area is 130 Å². The summed E-state index contributed by atoms with van der Waals surface area (Å²) in [4.78, 5) is 22.8. The molecule has 0 unspecified atom stereocenters. The van der Waals surface area contributed by atoms with Gasteiger partial charge in [-0.3, -0.25) is 9.48 Å². The molecule has 1 saturated heterocycles. The van der Waals surface area contributed by atoms with Crippen molar-refractivity contribution in [3.05, 3.63) is 41.2 Å². The van der Waals surface area contributed by atoms with Crippen molar-refractivity contribution in [3.8, 4) is 0 Å². The van der Waals surface area contributed by atoms with Crippen LogP contribution in [0, 0.1) is 20.8 Å². The first kappa shape index (κ1) is 14.7. The van der Waals surface area contributed by atoms with Crippen LogP contribution in [-0.2, 0) is 0 Å². The van der Waals surface area contributed by atoms with Crippen molar-refractivity contribution in [2.75, 3.05) is 13.1 Å². The van der Waals surface area contributed by atoms with Gasteiger partial charge < -0.3 is 4.90 Å². The summed E-state index contributed by atoms with van der Waals surface area (Å²) in [6.07, 6.45) is 3.67. The minimum atomic E-state index is -0.0169. The quantitative estimate of drug-likeness (QED) is 0.851. The van der Waals surface area contributed by atoms with Crippen LogP contribution >= 0.6 is 0 Å². The molecule has 0 aromatic carbocycles. The first-order valence-electron chi connectivity index (χ1n) is 7.66. The van der Waals surface area contributed by atoms with Gasteiger partial charge in [-0.05, 0) is 45.7 Å². The number of carbonyl (C=O) groups excluding carboxylic acids is 1. The molecule has 1 aliphatic heterocycles. The van der Waals surface area contributed by atoms with E-state index in [-0.39, 0.29) is 11.9 Å². The SMILES string of the molecule is Cc1cc(C)n([C@@H]2CCCN(C(=O)c3ccnc(C)n3)C2)n1. The van der Waals surface area contributed by atoms with Crippen LogP contribution in [0.3, 0.4) is 0 Å². The van der Waals surface area contributed by atoms with Crippen molar-refractivity contribution in [1.29, 1.82) is 0 Å². The summed E-state index contributed by atoms with van der Waals surface area (Å²) in [7, 11) is 0. The van der Waals surface area contributed by atoms with Gasteiger partial charge in [-0.25, -0.2) is 9.97 Å². The highest BCUT2D eigenvalue weighted by molar-refractivity contribution is 5.92. The standard InChI is InChI=1S/C16H21N5O/c1-11-9-12(2)21(19-11)14-5-4-8-20(10-14)16(22)15-6-7-17-13(3)18-15/h6-7,9,14H,4-5,8,10H2,1-3H3/t14-/m1/s1. The summed E-state index contributed by atoms with van der Waals surface area (Å²) in [6, 6.07) is 4.01. The van der Waals surface area contributed by atoms with E-state index in [9.17, 15) is 4.79 Å². The smallest absolute Gasteiger partial charge is 0.272 e. The van der Waals surface area contributed by atoms with Crippen LogP contribution in [0.15, 0.2) is 18.3 Å². The van der Waals surface area contributed by atoms with E-state index in [1.54, 1.807) is 19.2 Å². The lowest BCUT2D eigenvalue weighted by molar-refractivity contribution is 0.0665. The molecule has 0 radical (unpaired) electrons. The molecule has 0 spiro atoms. The van der Waals surface area contributed by atoms with E-state index in [2.05, 4.69) is 32.7 Å². The molecule has 22 heavy (non-hydrogen) atoms. The molecule has 2 aromatic rings. The Morgan fingerprint density at radius 1 is 1.32 bits per heavy atom. The molecular weight excluding hydrogens is 278 g/mol. The number of carbonyl (C=O) groups is 1. The lowest BCUT2D eigenvalue weighted by atomic mass is 10.1. The number of aryl methyl sites for hydroxylation is 3. The normalized spacial score (nSPS) is 18.5. The maximum absolute atomic E-state index is 12.6. The van der Waals surface area contributed by atoms with Gasteiger partial charge in [0.2, 0.25) is 0 Å². The van der Waals surface area contributed by atoms with Crippen molar-refractivity contribution >= 4 is 5.91 Å². The van der Waals surface area contributed by atoms with Crippen molar-refractivity contribution in [3.63, 3.8) is 0 Å². The Morgan fingerprint density at radius 3 is 2.82 bits per heavy atom. The highest BCUT2D eigenvalue weighted by Crippen LogP contribution is 2.23. The highest BCUT2D eigenvalue weighted by atomic mass is 16.2. The summed E-state index contributed by atoms with van der Waals surface area (Å²) in [5.41, 5.74) is 2.64. The fourth-order valence-corrected chi connectivity index (χ4v) is 3.09. The zero-order chi connectivity index (χ0) is 15.7. The third-order valence-corrected chi connectivity index (χ3v) is 4.07. The van der Waals surface area contributed by atoms with E-state index in [0.29, 0.717) is 18.1 Å².